The van der Waals surface area contributed by atoms with Crippen molar-refractivity contribution in [2.45, 2.75) is 0 Å². The third-order valence-electron chi connectivity index (χ3n) is 9.65. The van der Waals surface area contributed by atoms with E-state index < -0.39 is 0 Å². The third kappa shape index (κ3) is 4.24. The van der Waals surface area contributed by atoms with Gasteiger partial charge in [-0.25, -0.2) is 0 Å². The molecule has 0 saturated heterocycles. The third-order valence-corrected chi connectivity index (χ3v) is 9.65. The molecule has 2 aromatic heterocycles. The molecule has 0 atom stereocenters. The molecule has 0 aliphatic carbocycles. The number of fused-ring (bicyclic) bond motifs is 6. The van der Waals surface area contributed by atoms with Gasteiger partial charge < -0.3 is 9.13 Å². The van der Waals surface area contributed by atoms with E-state index in [9.17, 15) is 15.8 Å². The summed E-state index contributed by atoms with van der Waals surface area (Å²) in [5, 5.41) is 34.3. The van der Waals surface area contributed by atoms with Crippen LogP contribution < -0.4 is 0 Å². The summed E-state index contributed by atoms with van der Waals surface area (Å²) in [6, 6.07) is 57.9. The average molecular weight is 636 g/mol. The van der Waals surface area contributed by atoms with Crippen LogP contribution in [0.4, 0.5) is 0 Å². The van der Waals surface area contributed by atoms with E-state index in [-0.39, 0.29) is 0 Å². The van der Waals surface area contributed by atoms with Gasteiger partial charge in [0.25, 0.3) is 0 Å². The van der Waals surface area contributed by atoms with Gasteiger partial charge in [0.2, 0.25) is 0 Å². The van der Waals surface area contributed by atoms with Gasteiger partial charge in [-0.15, -0.1) is 0 Å². The van der Waals surface area contributed by atoms with E-state index in [2.05, 4.69) is 112 Å². The van der Waals surface area contributed by atoms with E-state index in [4.69, 9.17) is 0 Å². The van der Waals surface area contributed by atoms with Crippen LogP contribution in [0.25, 0.3) is 77.2 Å². The van der Waals surface area contributed by atoms with E-state index in [1.54, 1.807) is 12.1 Å². The van der Waals surface area contributed by atoms with Gasteiger partial charge in [-0.2, -0.15) is 15.8 Å². The SMILES string of the molecule is N#Cc1ccc2c(c1)c1c(C#N)cccc1n2-c1ccc(-c2ccccc2-c2ccccc2-n2c3ccccc3c3ccccc32)c(C#N)c1. The van der Waals surface area contributed by atoms with Crippen molar-refractivity contribution in [3.05, 3.63) is 168 Å². The highest BCUT2D eigenvalue weighted by atomic mass is 15.0. The predicted octanol–water partition coefficient (Wildman–Crippen LogP) is 10.8. The van der Waals surface area contributed by atoms with Crippen molar-refractivity contribution < 1.29 is 0 Å². The first kappa shape index (κ1) is 28.8. The molecular formula is C45H25N5. The van der Waals surface area contributed by atoms with Gasteiger partial charge in [0.1, 0.15) is 0 Å². The van der Waals surface area contributed by atoms with Crippen molar-refractivity contribution in [3.63, 3.8) is 0 Å². The summed E-state index contributed by atoms with van der Waals surface area (Å²) in [5.41, 5.74) is 11.3. The van der Waals surface area contributed by atoms with Crippen LogP contribution in [0.2, 0.25) is 0 Å². The van der Waals surface area contributed by atoms with E-state index in [0.717, 1.165) is 66.5 Å². The first-order valence-electron chi connectivity index (χ1n) is 16.3. The first-order chi connectivity index (χ1) is 24.7. The van der Waals surface area contributed by atoms with Gasteiger partial charge in [0.15, 0.2) is 0 Å². The van der Waals surface area contributed by atoms with Crippen LogP contribution in [0.1, 0.15) is 16.7 Å². The van der Waals surface area contributed by atoms with Crippen molar-refractivity contribution in [1.29, 1.82) is 15.8 Å². The van der Waals surface area contributed by atoms with Crippen molar-refractivity contribution >= 4 is 43.6 Å². The molecule has 0 spiro atoms. The zero-order chi connectivity index (χ0) is 33.8. The van der Waals surface area contributed by atoms with Crippen molar-refractivity contribution in [2.24, 2.45) is 0 Å². The Bertz CT molecular complexity index is 2920. The molecule has 0 aliphatic heterocycles. The fourth-order valence-electron chi connectivity index (χ4n) is 7.54. The summed E-state index contributed by atoms with van der Waals surface area (Å²) in [6.45, 7) is 0. The lowest BCUT2D eigenvalue weighted by molar-refractivity contribution is 1.17. The minimum Gasteiger partial charge on any atom is -0.309 e. The van der Waals surface area contributed by atoms with Crippen molar-refractivity contribution in [1.82, 2.24) is 9.13 Å². The molecule has 7 aromatic carbocycles. The fraction of sp³-hybridized carbons (Fsp3) is 0. The molecule has 0 radical (unpaired) electrons. The van der Waals surface area contributed by atoms with Gasteiger partial charge in [0.05, 0.1) is 62.7 Å². The number of para-hydroxylation sites is 3. The molecule has 0 aliphatic rings. The molecule has 5 nitrogen and oxygen atoms in total. The van der Waals surface area contributed by atoms with Crippen LogP contribution in [0.5, 0.6) is 0 Å². The molecule has 0 fully saturated rings. The first-order valence-corrected chi connectivity index (χ1v) is 16.3. The normalized spacial score (nSPS) is 11.1. The lowest BCUT2D eigenvalue weighted by Crippen LogP contribution is -1.99. The Balaban J connectivity index is 1.25. The Labute approximate surface area is 287 Å². The molecule has 5 heteroatoms. The maximum atomic E-state index is 10.6. The summed E-state index contributed by atoms with van der Waals surface area (Å²) in [5.74, 6) is 0. The Morgan fingerprint density at radius 1 is 0.380 bits per heavy atom. The highest BCUT2D eigenvalue weighted by Crippen LogP contribution is 2.41. The number of nitrogens with zero attached hydrogens (tertiary/aromatic N) is 5. The Morgan fingerprint density at radius 2 is 0.980 bits per heavy atom. The number of benzene rings is 7. The van der Waals surface area contributed by atoms with E-state index >= 15 is 0 Å². The van der Waals surface area contributed by atoms with Gasteiger partial charge in [-0.3, -0.25) is 0 Å². The van der Waals surface area contributed by atoms with Gasteiger partial charge in [-0.1, -0.05) is 91.0 Å². The summed E-state index contributed by atoms with van der Waals surface area (Å²) < 4.78 is 4.40. The second kappa shape index (κ2) is 11.4. The maximum absolute atomic E-state index is 10.6. The van der Waals surface area contributed by atoms with Gasteiger partial charge >= 0.3 is 0 Å². The number of rotatable bonds is 4. The number of nitriles is 3. The van der Waals surface area contributed by atoms with E-state index in [1.807, 2.05) is 54.6 Å². The van der Waals surface area contributed by atoms with Crippen LogP contribution in [0, 0.1) is 34.0 Å². The monoisotopic (exact) mass is 635 g/mol. The maximum Gasteiger partial charge on any atom is 0.0998 e. The molecule has 0 unspecified atom stereocenters. The number of aromatic nitrogens is 2. The van der Waals surface area contributed by atoms with Gasteiger partial charge in [0, 0.05) is 38.4 Å². The molecule has 0 bridgehead atoms. The summed E-state index contributed by atoms with van der Waals surface area (Å²) in [7, 11) is 0. The number of hydrogen-bond acceptors (Lipinski definition) is 3. The quantitative estimate of drug-likeness (QED) is 0.193. The van der Waals surface area contributed by atoms with Crippen LogP contribution in [-0.2, 0) is 0 Å². The lowest BCUT2D eigenvalue weighted by Gasteiger charge is -2.18. The van der Waals surface area contributed by atoms with Crippen LogP contribution in [-0.4, -0.2) is 9.13 Å². The highest BCUT2D eigenvalue weighted by molar-refractivity contribution is 6.12. The minimum atomic E-state index is 0.523. The molecule has 2 heterocycles. The van der Waals surface area contributed by atoms with E-state index in [1.165, 1.54) is 10.8 Å². The van der Waals surface area contributed by atoms with Crippen LogP contribution in [0.3, 0.4) is 0 Å². The molecule has 50 heavy (non-hydrogen) atoms. The summed E-state index contributed by atoms with van der Waals surface area (Å²) in [6.07, 6.45) is 0. The summed E-state index contributed by atoms with van der Waals surface area (Å²) >= 11 is 0. The second-order valence-corrected chi connectivity index (χ2v) is 12.3. The number of hydrogen-bond donors (Lipinski definition) is 0. The van der Waals surface area contributed by atoms with Crippen molar-refractivity contribution in [2.75, 3.05) is 0 Å². The van der Waals surface area contributed by atoms with Gasteiger partial charge in [-0.05, 0) is 71.8 Å². The predicted molar refractivity (Wildman–Crippen MR) is 200 cm³/mol. The average Bonchev–Trinajstić information content (AvgIpc) is 3.70. The molecule has 9 rings (SSSR count). The summed E-state index contributed by atoms with van der Waals surface area (Å²) in [4.78, 5) is 0. The topological polar surface area (TPSA) is 81.2 Å². The largest absolute Gasteiger partial charge is 0.309 e. The smallest absolute Gasteiger partial charge is 0.0998 e. The Morgan fingerprint density at radius 3 is 1.68 bits per heavy atom. The minimum absolute atomic E-state index is 0.523. The Kier molecular flexibility index (Phi) is 6.56. The molecule has 9 aromatic rings. The standard InChI is InChI=1S/C45H25N5/c46-26-29-20-23-43-39(24-29)45-30(27-47)10-9-19-44(45)49(43)32-21-22-33(31(25-32)28-48)34-11-1-2-12-35(34)36-13-3-6-16-40(36)50-41-17-7-4-14-37(41)38-15-5-8-18-42(38)50/h1-25H. The molecule has 0 amide bonds. The Hall–Kier alpha value is -7.39. The molecular weight excluding hydrogens is 611 g/mol. The second-order valence-electron chi connectivity index (χ2n) is 12.3. The zero-order valence-corrected chi connectivity index (χ0v) is 26.7. The lowest BCUT2D eigenvalue weighted by atomic mass is 9.91. The highest BCUT2D eigenvalue weighted by Gasteiger charge is 2.20. The zero-order valence-electron chi connectivity index (χ0n) is 26.7. The fourth-order valence-corrected chi connectivity index (χ4v) is 7.54. The molecule has 230 valence electrons. The van der Waals surface area contributed by atoms with Crippen LogP contribution >= 0.6 is 0 Å². The van der Waals surface area contributed by atoms with Crippen molar-refractivity contribution in [3.8, 4) is 51.8 Å². The van der Waals surface area contributed by atoms with E-state index in [0.29, 0.717) is 16.7 Å². The molecule has 0 N–H and O–H groups in total. The molecule has 0 saturated carbocycles. The van der Waals surface area contributed by atoms with Crippen LogP contribution in [0.15, 0.2) is 152 Å².